The van der Waals surface area contributed by atoms with Crippen LogP contribution in [0.15, 0.2) is 41.4 Å². The van der Waals surface area contributed by atoms with Gasteiger partial charge in [-0.15, -0.1) is 0 Å². The van der Waals surface area contributed by atoms with E-state index in [-0.39, 0.29) is 5.82 Å². The van der Waals surface area contributed by atoms with Crippen molar-refractivity contribution in [2.45, 2.75) is 13.8 Å². The average Bonchev–Trinajstić information content (AvgIpc) is 2.51. The third-order valence-electron chi connectivity index (χ3n) is 3.30. The van der Waals surface area contributed by atoms with Crippen molar-refractivity contribution in [1.82, 2.24) is 4.90 Å². The number of aryl methyl sites for hydroxylation is 1. The van der Waals surface area contributed by atoms with Crippen molar-refractivity contribution in [2.24, 2.45) is 4.99 Å². The summed E-state index contributed by atoms with van der Waals surface area (Å²) in [6.45, 7) is 4.78. The number of rotatable bonds is 5. The monoisotopic (exact) mass is 319 g/mol. The smallest absolute Gasteiger partial charge is 0.148 e. The van der Waals surface area contributed by atoms with Crippen molar-refractivity contribution in [2.75, 3.05) is 18.9 Å². The Balaban J connectivity index is 2.22. The van der Waals surface area contributed by atoms with Crippen molar-refractivity contribution < 1.29 is 4.39 Å². The Labute approximate surface area is 135 Å². The number of hydrogen-bond acceptors (Lipinski definition) is 2. The molecule has 1 N–H and O–H groups in total. The summed E-state index contributed by atoms with van der Waals surface area (Å²) in [6, 6.07) is 10.3. The lowest BCUT2D eigenvalue weighted by Gasteiger charge is -2.12. The third-order valence-corrected chi connectivity index (χ3v) is 3.55. The van der Waals surface area contributed by atoms with Gasteiger partial charge in [-0.3, -0.25) is 0 Å². The summed E-state index contributed by atoms with van der Waals surface area (Å²) in [7, 11) is 1.92. The van der Waals surface area contributed by atoms with Gasteiger partial charge in [0.1, 0.15) is 5.82 Å². The summed E-state index contributed by atoms with van der Waals surface area (Å²) in [4.78, 5) is 6.24. The summed E-state index contributed by atoms with van der Waals surface area (Å²) in [5, 5.41) is 3.69. The fourth-order valence-corrected chi connectivity index (χ4v) is 1.96. The largest absolute Gasteiger partial charge is 0.366 e. The molecule has 3 nitrogen and oxygen atoms in total. The lowest BCUT2D eigenvalue weighted by atomic mass is 10.1. The van der Waals surface area contributed by atoms with Gasteiger partial charge >= 0.3 is 0 Å². The van der Waals surface area contributed by atoms with E-state index in [0.717, 1.165) is 17.8 Å². The topological polar surface area (TPSA) is 27.6 Å². The Hall–Kier alpha value is -2.07. The number of benzene rings is 2. The minimum absolute atomic E-state index is 0.341. The molecule has 0 unspecified atom stereocenters. The van der Waals surface area contributed by atoms with Crippen molar-refractivity contribution in [1.29, 1.82) is 0 Å². The number of nitrogens with one attached hydrogen (secondary N) is 1. The maximum Gasteiger partial charge on any atom is 0.148 e. The van der Waals surface area contributed by atoms with Crippen LogP contribution in [0, 0.1) is 12.7 Å². The SMILES string of the molecule is CCN(C)C=Nc1cc(F)c(Nc2ccc(Cl)cc2)cc1C. The normalized spacial score (nSPS) is 11.0. The standard InChI is InChI=1S/C17H19ClFN3/c1-4-22(3)11-20-16-10-15(19)17(9-12(16)2)21-14-7-5-13(18)6-8-14/h5-11,21H,4H2,1-3H3. The van der Waals surface area contributed by atoms with Gasteiger partial charge in [-0.25, -0.2) is 9.38 Å². The molecule has 22 heavy (non-hydrogen) atoms. The highest BCUT2D eigenvalue weighted by atomic mass is 35.5. The minimum Gasteiger partial charge on any atom is -0.366 e. The second-order valence-corrected chi connectivity index (χ2v) is 5.50. The van der Waals surface area contributed by atoms with E-state index in [1.165, 1.54) is 6.07 Å². The lowest BCUT2D eigenvalue weighted by Crippen LogP contribution is -2.14. The molecule has 0 aliphatic carbocycles. The van der Waals surface area contributed by atoms with E-state index in [1.807, 2.05) is 25.8 Å². The van der Waals surface area contributed by atoms with Crippen LogP contribution in [0.25, 0.3) is 0 Å². The van der Waals surface area contributed by atoms with E-state index in [4.69, 9.17) is 11.6 Å². The Morgan fingerprint density at radius 1 is 1.27 bits per heavy atom. The molecule has 0 aromatic heterocycles. The Bertz CT molecular complexity index is 668. The van der Waals surface area contributed by atoms with Crippen LogP contribution in [0.1, 0.15) is 12.5 Å². The van der Waals surface area contributed by atoms with Crippen LogP contribution in [0.4, 0.5) is 21.5 Å². The van der Waals surface area contributed by atoms with Crippen LogP contribution in [-0.4, -0.2) is 24.8 Å². The second kappa shape index (κ2) is 7.27. The van der Waals surface area contributed by atoms with E-state index in [9.17, 15) is 4.39 Å². The van der Waals surface area contributed by atoms with E-state index >= 15 is 0 Å². The Morgan fingerprint density at radius 2 is 1.95 bits per heavy atom. The molecule has 0 aliphatic rings. The zero-order valence-electron chi connectivity index (χ0n) is 12.9. The molecule has 0 aliphatic heterocycles. The molecule has 2 aromatic rings. The van der Waals surface area contributed by atoms with Gasteiger partial charge in [0.05, 0.1) is 17.7 Å². The molecule has 0 spiro atoms. The first kappa shape index (κ1) is 16.3. The van der Waals surface area contributed by atoms with Crippen molar-refractivity contribution >= 4 is 35.0 Å². The second-order valence-electron chi connectivity index (χ2n) is 5.07. The van der Waals surface area contributed by atoms with Gasteiger partial charge in [0.25, 0.3) is 0 Å². The van der Waals surface area contributed by atoms with Crippen molar-refractivity contribution in [3.05, 3.63) is 52.8 Å². The molecule has 0 heterocycles. The van der Waals surface area contributed by atoms with Crippen LogP contribution in [0.3, 0.4) is 0 Å². The first-order valence-corrected chi connectivity index (χ1v) is 7.44. The van der Waals surface area contributed by atoms with Crippen LogP contribution in [-0.2, 0) is 0 Å². The quantitative estimate of drug-likeness (QED) is 0.610. The Kier molecular flexibility index (Phi) is 5.39. The number of aliphatic imine (C=N–C) groups is 1. The highest BCUT2D eigenvalue weighted by Crippen LogP contribution is 2.28. The summed E-state index contributed by atoms with van der Waals surface area (Å²) >= 11 is 5.84. The van der Waals surface area contributed by atoms with E-state index in [2.05, 4.69) is 10.3 Å². The number of nitrogens with zero attached hydrogens (tertiary/aromatic N) is 2. The number of hydrogen-bond donors (Lipinski definition) is 1. The van der Waals surface area contributed by atoms with Crippen LogP contribution < -0.4 is 5.32 Å². The summed E-state index contributed by atoms with van der Waals surface area (Å²) < 4.78 is 14.2. The molecule has 0 saturated carbocycles. The molecule has 5 heteroatoms. The van der Waals surface area contributed by atoms with Crippen LogP contribution in [0.5, 0.6) is 0 Å². The molecule has 0 radical (unpaired) electrons. The molecule has 116 valence electrons. The predicted molar refractivity (Wildman–Crippen MR) is 92.3 cm³/mol. The highest BCUT2D eigenvalue weighted by molar-refractivity contribution is 6.30. The molecule has 0 fully saturated rings. The molecule has 0 atom stereocenters. The van der Waals surface area contributed by atoms with Gasteiger partial charge in [0, 0.05) is 30.4 Å². The maximum absolute atomic E-state index is 14.2. The first-order chi connectivity index (χ1) is 10.5. The zero-order valence-corrected chi connectivity index (χ0v) is 13.7. The van der Waals surface area contributed by atoms with E-state index in [0.29, 0.717) is 16.4 Å². The lowest BCUT2D eigenvalue weighted by molar-refractivity contribution is 0.552. The molecule has 2 aromatic carbocycles. The minimum atomic E-state index is -0.341. The maximum atomic E-state index is 14.2. The number of halogens is 2. The fourth-order valence-electron chi connectivity index (χ4n) is 1.84. The average molecular weight is 320 g/mol. The molecule has 0 bridgehead atoms. The van der Waals surface area contributed by atoms with E-state index in [1.54, 1.807) is 36.7 Å². The summed E-state index contributed by atoms with van der Waals surface area (Å²) in [6.07, 6.45) is 1.70. The number of anilines is 2. The van der Waals surface area contributed by atoms with Gasteiger partial charge in [-0.2, -0.15) is 0 Å². The van der Waals surface area contributed by atoms with E-state index < -0.39 is 0 Å². The fraction of sp³-hybridized carbons (Fsp3) is 0.235. The van der Waals surface area contributed by atoms with Crippen molar-refractivity contribution in [3.8, 4) is 0 Å². The van der Waals surface area contributed by atoms with Crippen LogP contribution in [0.2, 0.25) is 5.02 Å². The molecular weight excluding hydrogens is 301 g/mol. The summed E-state index contributed by atoms with van der Waals surface area (Å²) in [5.74, 6) is -0.341. The van der Waals surface area contributed by atoms with Gasteiger partial charge < -0.3 is 10.2 Å². The first-order valence-electron chi connectivity index (χ1n) is 7.06. The van der Waals surface area contributed by atoms with Crippen LogP contribution >= 0.6 is 11.6 Å². The predicted octanol–water partition coefficient (Wildman–Crippen LogP) is 5.14. The molecular formula is C17H19ClFN3. The highest BCUT2D eigenvalue weighted by Gasteiger charge is 2.07. The third kappa shape index (κ3) is 4.21. The summed E-state index contributed by atoms with van der Waals surface area (Å²) in [5.41, 5.74) is 2.73. The van der Waals surface area contributed by atoms with Gasteiger partial charge in [0.2, 0.25) is 0 Å². The van der Waals surface area contributed by atoms with Crippen molar-refractivity contribution in [3.63, 3.8) is 0 Å². The molecule has 2 rings (SSSR count). The molecule has 0 amide bonds. The zero-order chi connectivity index (χ0) is 16.1. The van der Waals surface area contributed by atoms with Gasteiger partial charge in [-0.1, -0.05) is 11.6 Å². The molecule has 0 saturated heterocycles. The Morgan fingerprint density at radius 3 is 2.59 bits per heavy atom. The van der Waals surface area contributed by atoms with Gasteiger partial charge in [0.15, 0.2) is 0 Å². The van der Waals surface area contributed by atoms with Gasteiger partial charge in [-0.05, 0) is 49.7 Å².